The third-order valence-electron chi connectivity index (χ3n) is 3.50. The Morgan fingerprint density at radius 3 is 2.14 bits per heavy atom. The van der Waals surface area contributed by atoms with Crippen LogP contribution in [0.5, 0.6) is 0 Å². The molecule has 126 valence electrons. The van der Waals surface area contributed by atoms with Gasteiger partial charge in [-0.2, -0.15) is 0 Å². The summed E-state index contributed by atoms with van der Waals surface area (Å²) in [4.78, 5) is 0. The highest BCUT2D eigenvalue weighted by molar-refractivity contribution is 5.41. The maximum Gasteiger partial charge on any atom is 0.0540 e. The molecule has 0 aliphatic rings. The first-order valence-corrected chi connectivity index (χ1v) is 8.24. The third-order valence-corrected chi connectivity index (χ3v) is 3.50. The summed E-state index contributed by atoms with van der Waals surface area (Å²) >= 11 is 0. The van der Waals surface area contributed by atoms with E-state index in [-0.39, 0.29) is 6.10 Å². The second kappa shape index (κ2) is 14.6. The van der Waals surface area contributed by atoms with E-state index in [1.54, 1.807) is 0 Å². The lowest BCUT2D eigenvalue weighted by Gasteiger charge is -2.12. The zero-order valence-corrected chi connectivity index (χ0v) is 15.2. The summed E-state index contributed by atoms with van der Waals surface area (Å²) in [5.74, 6) is 0.671. The van der Waals surface area contributed by atoms with Gasteiger partial charge in [-0.25, -0.2) is 0 Å². The van der Waals surface area contributed by atoms with Crippen LogP contribution in [-0.2, 0) is 0 Å². The van der Waals surface area contributed by atoms with E-state index in [0.29, 0.717) is 5.92 Å². The van der Waals surface area contributed by atoms with Gasteiger partial charge >= 0.3 is 0 Å². The Bertz CT molecular complexity index is 371. The Kier molecular flexibility index (Phi) is 15.2. The molecule has 0 spiro atoms. The summed E-state index contributed by atoms with van der Waals surface area (Å²) in [5.41, 5.74) is 3.42. The fourth-order valence-electron chi connectivity index (χ4n) is 2.07. The molecule has 22 heavy (non-hydrogen) atoms. The second-order valence-electron chi connectivity index (χ2n) is 5.96. The lowest BCUT2D eigenvalue weighted by Crippen LogP contribution is -2.07. The molecule has 0 heterocycles. The van der Waals surface area contributed by atoms with Crippen molar-refractivity contribution in [1.29, 1.82) is 0 Å². The van der Waals surface area contributed by atoms with Gasteiger partial charge in [0.2, 0.25) is 0 Å². The highest BCUT2D eigenvalue weighted by atomic mass is 16.3. The highest BCUT2D eigenvalue weighted by Crippen LogP contribution is 2.18. The summed E-state index contributed by atoms with van der Waals surface area (Å²) < 4.78 is 0. The largest absolute Gasteiger partial charge is 0.393 e. The van der Waals surface area contributed by atoms with E-state index in [9.17, 15) is 5.11 Å². The Balaban J connectivity index is 0. The molecule has 0 radical (unpaired) electrons. The molecule has 0 bridgehead atoms. The normalized spacial score (nSPS) is 13.4. The third kappa shape index (κ3) is 12.4. The zero-order chi connectivity index (χ0) is 17.5. The Morgan fingerprint density at radius 2 is 1.73 bits per heavy atom. The van der Waals surface area contributed by atoms with Crippen LogP contribution in [0.1, 0.15) is 59.8 Å². The molecule has 0 amide bonds. The molecule has 0 aliphatic heterocycles. The van der Waals surface area contributed by atoms with E-state index in [1.165, 1.54) is 5.57 Å². The number of allylic oxidation sites excluding steroid dienone is 6. The van der Waals surface area contributed by atoms with Crippen LogP contribution in [0.2, 0.25) is 0 Å². The number of aliphatic hydroxyl groups is 1. The maximum absolute atomic E-state index is 9.93. The van der Waals surface area contributed by atoms with Crippen molar-refractivity contribution < 1.29 is 5.11 Å². The van der Waals surface area contributed by atoms with Gasteiger partial charge in [0.25, 0.3) is 0 Å². The fourth-order valence-corrected chi connectivity index (χ4v) is 2.07. The van der Waals surface area contributed by atoms with E-state index in [2.05, 4.69) is 59.2 Å². The van der Waals surface area contributed by atoms with Crippen molar-refractivity contribution in [3.63, 3.8) is 0 Å². The second-order valence-corrected chi connectivity index (χ2v) is 5.96. The monoisotopic (exact) mass is 304 g/mol. The number of hydrogen-bond donors (Lipinski definition) is 1. The van der Waals surface area contributed by atoms with Crippen molar-refractivity contribution in [3.05, 3.63) is 61.3 Å². The molecule has 0 saturated heterocycles. The molecule has 1 heteroatoms. The summed E-state index contributed by atoms with van der Waals surface area (Å²) in [7, 11) is 0. The van der Waals surface area contributed by atoms with Crippen molar-refractivity contribution in [2.45, 2.75) is 65.9 Å². The SMILES string of the molecule is C=C.C=C/C(=C/C(=C\C)CCCC(O)CCC(C)C)C(=C)C. The van der Waals surface area contributed by atoms with Gasteiger partial charge < -0.3 is 5.11 Å². The number of hydrogen-bond acceptors (Lipinski definition) is 1. The number of aliphatic hydroxyl groups excluding tert-OH is 1. The molecule has 1 unspecified atom stereocenters. The van der Waals surface area contributed by atoms with Crippen molar-refractivity contribution in [3.8, 4) is 0 Å². The minimum atomic E-state index is -0.153. The van der Waals surface area contributed by atoms with Gasteiger partial charge in [0.1, 0.15) is 0 Å². The van der Waals surface area contributed by atoms with Crippen LogP contribution in [0.15, 0.2) is 61.3 Å². The minimum Gasteiger partial charge on any atom is -0.393 e. The van der Waals surface area contributed by atoms with Crippen LogP contribution in [0.25, 0.3) is 0 Å². The lowest BCUT2D eigenvalue weighted by molar-refractivity contribution is 0.144. The average Bonchev–Trinajstić information content (AvgIpc) is 2.50. The molecule has 0 aromatic rings. The molecular weight excluding hydrogens is 268 g/mol. The van der Waals surface area contributed by atoms with Gasteiger partial charge in [0.05, 0.1) is 6.10 Å². The van der Waals surface area contributed by atoms with Crippen LogP contribution >= 0.6 is 0 Å². The predicted molar refractivity (Wildman–Crippen MR) is 102 cm³/mol. The average molecular weight is 305 g/mol. The first-order chi connectivity index (χ1) is 10.4. The molecule has 1 atom stereocenters. The summed E-state index contributed by atoms with van der Waals surface area (Å²) in [6.07, 6.45) is 10.9. The molecule has 0 aliphatic carbocycles. The first-order valence-electron chi connectivity index (χ1n) is 8.24. The summed E-state index contributed by atoms with van der Waals surface area (Å²) in [6, 6.07) is 0. The molecule has 0 rings (SSSR count). The minimum absolute atomic E-state index is 0.153. The zero-order valence-electron chi connectivity index (χ0n) is 15.2. The van der Waals surface area contributed by atoms with Crippen LogP contribution in [0.4, 0.5) is 0 Å². The summed E-state index contributed by atoms with van der Waals surface area (Å²) in [6.45, 7) is 22.2. The fraction of sp³-hybridized carbons (Fsp3) is 0.524. The molecule has 1 nitrogen and oxygen atoms in total. The molecule has 0 fully saturated rings. The predicted octanol–water partition coefficient (Wildman–Crippen LogP) is 6.39. The van der Waals surface area contributed by atoms with Crippen LogP contribution < -0.4 is 0 Å². The number of rotatable bonds is 10. The molecule has 1 N–H and O–H groups in total. The topological polar surface area (TPSA) is 20.2 Å². The van der Waals surface area contributed by atoms with E-state index in [1.807, 2.05) is 13.0 Å². The van der Waals surface area contributed by atoms with Crippen LogP contribution in [-0.4, -0.2) is 11.2 Å². The van der Waals surface area contributed by atoms with E-state index >= 15 is 0 Å². The van der Waals surface area contributed by atoms with Gasteiger partial charge in [-0.15, -0.1) is 13.2 Å². The first kappa shape index (κ1) is 22.9. The van der Waals surface area contributed by atoms with Crippen LogP contribution in [0.3, 0.4) is 0 Å². The Hall–Kier alpha value is -1.34. The summed E-state index contributed by atoms with van der Waals surface area (Å²) in [5, 5.41) is 9.93. The molecule has 0 aromatic heterocycles. The molecule has 0 saturated carbocycles. The quantitative estimate of drug-likeness (QED) is 0.366. The van der Waals surface area contributed by atoms with E-state index in [0.717, 1.165) is 43.3 Å². The lowest BCUT2D eigenvalue weighted by atomic mass is 9.98. The van der Waals surface area contributed by atoms with Gasteiger partial charge in [0.15, 0.2) is 0 Å². The van der Waals surface area contributed by atoms with Gasteiger partial charge in [-0.1, -0.05) is 56.4 Å². The smallest absolute Gasteiger partial charge is 0.0540 e. The van der Waals surface area contributed by atoms with Crippen molar-refractivity contribution in [1.82, 2.24) is 0 Å². The molecular formula is C21H36O. The highest BCUT2D eigenvalue weighted by Gasteiger charge is 2.06. The van der Waals surface area contributed by atoms with Gasteiger partial charge in [-0.3, -0.25) is 0 Å². The van der Waals surface area contributed by atoms with E-state index < -0.39 is 0 Å². The Labute approximate surface area is 138 Å². The van der Waals surface area contributed by atoms with E-state index in [4.69, 9.17) is 0 Å². The Morgan fingerprint density at radius 1 is 1.14 bits per heavy atom. The van der Waals surface area contributed by atoms with Crippen molar-refractivity contribution >= 4 is 0 Å². The van der Waals surface area contributed by atoms with Gasteiger partial charge in [-0.05, 0) is 57.4 Å². The maximum atomic E-state index is 9.93. The van der Waals surface area contributed by atoms with Crippen molar-refractivity contribution in [2.75, 3.05) is 0 Å². The standard InChI is InChI=1S/C19H32O.C2H4/c1-7-17(14-18(8-2)16(5)6)10-9-11-19(20)13-12-15(3)4;1-2/h7-8,14-15,19-20H,2,5,9-13H2,1,3-4,6H3;1-2H2/b17-7-,18-14-;. The molecule has 0 aromatic carbocycles. The van der Waals surface area contributed by atoms with Crippen LogP contribution in [0, 0.1) is 5.92 Å². The van der Waals surface area contributed by atoms with Gasteiger partial charge in [0, 0.05) is 0 Å². The van der Waals surface area contributed by atoms with Crippen molar-refractivity contribution in [2.24, 2.45) is 5.92 Å².